The average Bonchev–Trinajstić information content (AvgIpc) is 2.72. The second kappa shape index (κ2) is 9.13. The molecule has 2 aromatic carbocycles. The number of hydrogen-bond donors (Lipinski definition) is 2. The predicted molar refractivity (Wildman–Crippen MR) is 116 cm³/mol. The van der Waals surface area contributed by atoms with Gasteiger partial charge in [-0.05, 0) is 55.8 Å². The quantitative estimate of drug-likeness (QED) is 0.587. The minimum absolute atomic E-state index is 0.0254. The van der Waals surface area contributed by atoms with E-state index < -0.39 is 27.3 Å². The number of pyridine rings is 1. The normalized spacial score (nSPS) is 11.2. The number of aryl methyl sites for hydroxylation is 2. The van der Waals surface area contributed by atoms with Gasteiger partial charge < -0.3 is 9.88 Å². The summed E-state index contributed by atoms with van der Waals surface area (Å²) in [6.07, 6.45) is 0. The summed E-state index contributed by atoms with van der Waals surface area (Å²) in [5.74, 6) is -0.875. The molecule has 0 bridgehead atoms. The molecule has 0 aliphatic carbocycles. The van der Waals surface area contributed by atoms with E-state index in [1.54, 1.807) is 31.2 Å². The zero-order chi connectivity index (χ0) is 22.6. The molecule has 31 heavy (non-hydrogen) atoms. The van der Waals surface area contributed by atoms with Gasteiger partial charge in [-0.15, -0.1) is 0 Å². The van der Waals surface area contributed by atoms with Gasteiger partial charge in [-0.2, -0.15) is 0 Å². The number of aromatic nitrogens is 1. The average molecular weight is 444 g/mol. The largest absolute Gasteiger partial charge is 0.350 e. The van der Waals surface area contributed by atoms with Crippen molar-refractivity contribution in [1.29, 1.82) is 0 Å². The smallest absolute Gasteiger partial charge is 0.275 e. The standard InChI is InChI=1S/C22H22FN3O4S/c1-15-6-9-19(10-7-15)31(29,30)25-20-11-8-16(2)26(22(20)28)14-21(27)24-13-17-4-3-5-18(23)12-17/h3-12,25H,13-14H2,1-2H3,(H,24,27). The third-order valence-electron chi connectivity index (χ3n) is 4.65. The molecule has 0 atom stereocenters. The van der Waals surface area contributed by atoms with Crippen LogP contribution >= 0.6 is 0 Å². The van der Waals surface area contributed by atoms with E-state index in [0.717, 1.165) is 5.56 Å². The van der Waals surface area contributed by atoms with E-state index >= 15 is 0 Å². The SMILES string of the molecule is Cc1ccc(S(=O)(=O)Nc2ccc(C)n(CC(=O)NCc3cccc(F)c3)c2=O)cc1. The van der Waals surface area contributed by atoms with Gasteiger partial charge in [0.1, 0.15) is 18.0 Å². The minimum Gasteiger partial charge on any atom is -0.350 e. The van der Waals surface area contributed by atoms with Crippen molar-refractivity contribution in [2.75, 3.05) is 4.72 Å². The Bertz CT molecular complexity index is 1270. The van der Waals surface area contributed by atoms with Crippen molar-refractivity contribution in [1.82, 2.24) is 9.88 Å². The van der Waals surface area contributed by atoms with Crippen molar-refractivity contribution >= 4 is 21.6 Å². The fourth-order valence-electron chi connectivity index (χ4n) is 2.91. The van der Waals surface area contributed by atoms with Gasteiger partial charge in [-0.25, -0.2) is 12.8 Å². The molecule has 1 amide bonds. The van der Waals surface area contributed by atoms with Gasteiger partial charge in [-0.1, -0.05) is 29.8 Å². The fraction of sp³-hybridized carbons (Fsp3) is 0.182. The molecular formula is C22H22FN3O4S. The maximum Gasteiger partial charge on any atom is 0.275 e. The Balaban J connectivity index is 1.76. The number of amides is 1. The van der Waals surface area contributed by atoms with Gasteiger partial charge >= 0.3 is 0 Å². The highest BCUT2D eigenvalue weighted by Crippen LogP contribution is 2.15. The lowest BCUT2D eigenvalue weighted by atomic mass is 10.2. The Hall–Kier alpha value is -3.46. The summed E-state index contributed by atoms with van der Waals surface area (Å²) in [5, 5.41) is 2.62. The zero-order valence-corrected chi connectivity index (χ0v) is 17.9. The van der Waals surface area contributed by atoms with Crippen molar-refractivity contribution in [3.63, 3.8) is 0 Å². The molecule has 0 radical (unpaired) electrons. The highest BCUT2D eigenvalue weighted by atomic mass is 32.2. The maximum absolute atomic E-state index is 13.3. The molecule has 0 aliphatic rings. The summed E-state index contributed by atoms with van der Waals surface area (Å²) in [6, 6.07) is 14.9. The second-order valence-electron chi connectivity index (χ2n) is 7.10. The van der Waals surface area contributed by atoms with Crippen molar-refractivity contribution < 1.29 is 17.6 Å². The minimum atomic E-state index is -3.96. The van der Waals surface area contributed by atoms with Crippen LogP contribution in [0.4, 0.5) is 10.1 Å². The lowest BCUT2D eigenvalue weighted by Crippen LogP contribution is -2.34. The fourth-order valence-corrected chi connectivity index (χ4v) is 3.97. The van der Waals surface area contributed by atoms with Gasteiger partial charge in [0.25, 0.3) is 15.6 Å². The third-order valence-corrected chi connectivity index (χ3v) is 6.03. The van der Waals surface area contributed by atoms with Gasteiger partial charge in [0, 0.05) is 12.2 Å². The number of carbonyl (C=O) groups excluding carboxylic acids is 1. The first-order chi connectivity index (χ1) is 14.7. The Morgan fingerprint density at radius 3 is 2.42 bits per heavy atom. The van der Waals surface area contributed by atoms with E-state index in [9.17, 15) is 22.4 Å². The molecule has 3 aromatic rings. The van der Waals surface area contributed by atoms with Crippen LogP contribution < -0.4 is 15.6 Å². The molecule has 7 nitrogen and oxygen atoms in total. The van der Waals surface area contributed by atoms with Gasteiger partial charge in [0.05, 0.1) is 4.90 Å². The number of rotatable bonds is 7. The van der Waals surface area contributed by atoms with Crippen LogP contribution in [0.2, 0.25) is 0 Å². The number of hydrogen-bond acceptors (Lipinski definition) is 4. The van der Waals surface area contributed by atoms with Crippen molar-refractivity contribution in [3.05, 3.63) is 93.7 Å². The van der Waals surface area contributed by atoms with E-state index in [1.165, 1.54) is 41.0 Å². The van der Waals surface area contributed by atoms with Crippen molar-refractivity contribution in [2.24, 2.45) is 0 Å². The molecule has 9 heteroatoms. The summed E-state index contributed by atoms with van der Waals surface area (Å²) >= 11 is 0. The van der Waals surface area contributed by atoms with E-state index in [-0.39, 0.29) is 23.7 Å². The summed E-state index contributed by atoms with van der Waals surface area (Å²) < 4.78 is 41.9. The number of nitrogens with one attached hydrogen (secondary N) is 2. The van der Waals surface area contributed by atoms with Gasteiger partial charge in [-0.3, -0.25) is 14.3 Å². The van der Waals surface area contributed by atoms with Crippen LogP contribution in [0.25, 0.3) is 0 Å². The topological polar surface area (TPSA) is 97.3 Å². The molecule has 0 spiro atoms. The van der Waals surface area contributed by atoms with E-state index in [0.29, 0.717) is 11.3 Å². The van der Waals surface area contributed by atoms with Crippen LogP contribution in [0.1, 0.15) is 16.8 Å². The Kier molecular flexibility index (Phi) is 6.55. The lowest BCUT2D eigenvalue weighted by molar-refractivity contribution is -0.121. The van der Waals surface area contributed by atoms with Gasteiger partial charge in [0.15, 0.2) is 0 Å². The Morgan fingerprint density at radius 1 is 1.03 bits per heavy atom. The third kappa shape index (κ3) is 5.58. The van der Waals surface area contributed by atoms with E-state index in [1.807, 2.05) is 6.92 Å². The van der Waals surface area contributed by atoms with Crippen molar-refractivity contribution in [3.8, 4) is 0 Å². The number of nitrogens with zero attached hydrogens (tertiary/aromatic N) is 1. The number of sulfonamides is 1. The molecule has 0 saturated heterocycles. The van der Waals surface area contributed by atoms with E-state index in [2.05, 4.69) is 10.0 Å². The molecule has 0 saturated carbocycles. The molecule has 162 valence electrons. The van der Waals surface area contributed by atoms with Crippen LogP contribution in [0, 0.1) is 19.7 Å². The molecule has 1 aromatic heterocycles. The number of anilines is 1. The Labute approximate surface area is 179 Å². The summed E-state index contributed by atoms with van der Waals surface area (Å²) in [5.41, 5.74) is 1.17. The number of benzene rings is 2. The molecule has 0 unspecified atom stereocenters. The first-order valence-corrected chi connectivity index (χ1v) is 10.9. The second-order valence-corrected chi connectivity index (χ2v) is 8.79. The molecule has 0 fully saturated rings. The predicted octanol–water partition coefficient (Wildman–Crippen LogP) is 2.72. The van der Waals surface area contributed by atoms with Crippen LogP contribution in [0.15, 0.2) is 70.4 Å². The monoisotopic (exact) mass is 443 g/mol. The maximum atomic E-state index is 13.3. The molecular weight excluding hydrogens is 421 g/mol. The molecule has 3 rings (SSSR count). The van der Waals surface area contributed by atoms with Crippen LogP contribution in [0.5, 0.6) is 0 Å². The Morgan fingerprint density at radius 2 is 1.74 bits per heavy atom. The van der Waals surface area contributed by atoms with E-state index in [4.69, 9.17) is 0 Å². The highest BCUT2D eigenvalue weighted by molar-refractivity contribution is 7.92. The zero-order valence-electron chi connectivity index (χ0n) is 17.1. The molecule has 0 aliphatic heterocycles. The molecule has 1 heterocycles. The number of carbonyl (C=O) groups is 1. The van der Waals surface area contributed by atoms with Crippen LogP contribution in [0.3, 0.4) is 0 Å². The number of halogens is 1. The van der Waals surface area contributed by atoms with Gasteiger partial charge in [0.2, 0.25) is 5.91 Å². The highest BCUT2D eigenvalue weighted by Gasteiger charge is 2.18. The van der Waals surface area contributed by atoms with Crippen molar-refractivity contribution in [2.45, 2.75) is 31.8 Å². The van der Waals surface area contributed by atoms with Crippen LogP contribution in [-0.2, 0) is 27.9 Å². The first kappa shape index (κ1) is 22.2. The lowest BCUT2D eigenvalue weighted by Gasteiger charge is -2.14. The summed E-state index contributed by atoms with van der Waals surface area (Å²) in [7, 11) is -3.96. The van der Waals surface area contributed by atoms with Crippen LogP contribution in [-0.4, -0.2) is 18.9 Å². The summed E-state index contributed by atoms with van der Waals surface area (Å²) in [6.45, 7) is 3.27. The summed E-state index contributed by atoms with van der Waals surface area (Å²) in [4.78, 5) is 25.2. The first-order valence-electron chi connectivity index (χ1n) is 9.47. The molecule has 2 N–H and O–H groups in total.